The summed E-state index contributed by atoms with van der Waals surface area (Å²) in [6.45, 7) is 2.08. The smallest absolute Gasteiger partial charge is 0.296 e. The molecule has 0 radical (unpaired) electrons. The molecule has 6 heteroatoms. The van der Waals surface area contributed by atoms with Gasteiger partial charge in [0.05, 0.1) is 11.5 Å². The second-order valence-electron chi connectivity index (χ2n) is 5.74. The first-order valence-electron chi connectivity index (χ1n) is 7.73. The van der Waals surface area contributed by atoms with Crippen LogP contribution in [0.15, 0.2) is 29.2 Å². The quantitative estimate of drug-likeness (QED) is 0.617. The van der Waals surface area contributed by atoms with Gasteiger partial charge in [-0.25, -0.2) is 0 Å². The summed E-state index contributed by atoms with van der Waals surface area (Å²) < 4.78 is 29.0. The van der Waals surface area contributed by atoms with Gasteiger partial charge in [-0.3, -0.25) is 8.98 Å². The van der Waals surface area contributed by atoms with E-state index >= 15 is 0 Å². The van der Waals surface area contributed by atoms with Crippen molar-refractivity contribution in [3.8, 4) is 0 Å². The van der Waals surface area contributed by atoms with Gasteiger partial charge >= 0.3 is 0 Å². The lowest BCUT2D eigenvalue weighted by molar-refractivity contribution is -0.123. The Kier molecular flexibility index (Phi) is 5.97. The van der Waals surface area contributed by atoms with Crippen LogP contribution in [0.4, 0.5) is 0 Å². The zero-order chi connectivity index (χ0) is 16.0. The van der Waals surface area contributed by atoms with Gasteiger partial charge < -0.3 is 5.32 Å². The number of amides is 1. The Labute approximate surface area is 132 Å². The first-order chi connectivity index (χ1) is 10.5. The standard InChI is InChI=1S/C16H23NO4S/c1-13-8-10-15(11-9-13)22(19,20)21-12-3-2-5-14-6-4-7-16(18)17-14/h8-11,14H,2-7,12H2,1H3,(H,17,18)/t14-/m0/s1. The van der Waals surface area contributed by atoms with Crippen LogP contribution in [0.5, 0.6) is 0 Å². The summed E-state index contributed by atoms with van der Waals surface area (Å²) in [6, 6.07) is 6.85. The van der Waals surface area contributed by atoms with Crippen LogP contribution in [-0.2, 0) is 19.1 Å². The molecule has 0 saturated carbocycles. The Morgan fingerprint density at radius 2 is 1.95 bits per heavy atom. The molecule has 2 rings (SSSR count). The van der Waals surface area contributed by atoms with Crippen LogP contribution in [0.25, 0.3) is 0 Å². The van der Waals surface area contributed by atoms with Gasteiger partial charge in [0.15, 0.2) is 0 Å². The molecule has 1 fully saturated rings. The van der Waals surface area contributed by atoms with E-state index in [9.17, 15) is 13.2 Å². The van der Waals surface area contributed by atoms with Crippen LogP contribution in [-0.4, -0.2) is 27.0 Å². The highest BCUT2D eigenvalue weighted by molar-refractivity contribution is 7.86. The van der Waals surface area contributed by atoms with E-state index in [-0.39, 0.29) is 23.5 Å². The van der Waals surface area contributed by atoms with E-state index < -0.39 is 10.1 Å². The molecule has 1 saturated heterocycles. The Bertz CT molecular complexity index is 595. The largest absolute Gasteiger partial charge is 0.353 e. The first kappa shape index (κ1) is 17.0. The SMILES string of the molecule is Cc1ccc(S(=O)(=O)OCCCC[C@H]2CCCC(=O)N2)cc1. The molecular weight excluding hydrogens is 302 g/mol. The topological polar surface area (TPSA) is 72.5 Å². The zero-order valence-corrected chi connectivity index (χ0v) is 13.7. The van der Waals surface area contributed by atoms with E-state index in [2.05, 4.69) is 5.32 Å². The summed E-state index contributed by atoms with van der Waals surface area (Å²) in [5.74, 6) is 0.120. The third kappa shape index (κ3) is 5.10. The minimum atomic E-state index is -3.66. The maximum absolute atomic E-state index is 12.0. The second kappa shape index (κ2) is 7.74. The summed E-state index contributed by atoms with van der Waals surface area (Å²) >= 11 is 0. The van der Waals surface area contributed by atoms with Crippen molar-refractivity contribution >= 4 is 16.0 Å². The molecule has 1 aromatic carbocycles. The molecule has 0 unspecified atom stereocenters. The molecule has 0 spiro atoms. The summed E-state index contributed by atoms with van der Waals surface area (Å²) in [7, 11) is -3.66. The van der Waals surface area contributed by atoms with E-state index in [0.29, 0.717) is 12.8 Å². The van der Waals surface area contributed by atoms with Crippen molar-refractivity contribution in [2.24, 2.45) is 0 Å². The molecule has 0 aliphatic carbocycles. The van der Waals surface area contributed by atoms with E-state index in [0.717, 1.165) is 31.2 Å². The van der Waals surface area contributed by atoms with Crippen LogP contribution < -0.4 is 5.32 Å². The molecule has 1 aromatic rings. The molecule has 0 bridgehead atoms. The summed E-state index contributed by atoms with van der Waals surface area (Å²) in [4.78, 5) is 11.5. The van der Waals surface area contributed by atoms with Gasteiger partial charge in [-0.1, -0.05) is 17.7 Å². The molecular formula is C16H23NO4S. The normalized spacial score (nSPS) is 19.0. The number of piperidine rings is 1. The van der Waals surface area contributed by atoms with E-state index in [4.69, 9.17) is 4.18 Å². The van der Waals surface area contributed by atoms with Crippen LogP contribution in [0.2, 0.25) is 0 Å². The van der Waals surface area contributed by atoms with E-state index in [1.807, 2.05) is 6.92 Å². The molecule has 5 nitrogen and oxygen atoms in total. The van der Waals surface area contributed by atoms with E-state index in [1.165, 1.54) is 0 Å². The molecule has 1 aliphatic heterocycles. The highest BCUT2D eigenvalue weighted by atomic mass is 32.2. The average Bonchev–Trinajstić information content (AvgIpc) is 2.47. The van der Waals surface area contributed by atoms with Crippen molar-refractivity contribution in [3.63, 3.8) is 0 Å². The van der Waals surface area contributed by atoms with Crippen LogP contribution in [0.1, 0.15) is 44.1 Å². The highest BCUT2D eigenvalue weighted by Crippen LogP contribution is 2.16. The summed E-state index contributed by atoms with van der Waals surface area (Å²) in [5, 5.41) is 2.96. The highest BCUT2D eigenvalue weighted by Gasteiger charge is 2.18. The number of carbonyl (C=O) groups is 1. The third-order valence-electron chi connectivity index (χ3n) is 3.82. The number of rotatable bonds is 7. The van der Waals surface area contributed by atoms with Crippen molar-refractivity contribution in [2.75, 3.05) is 6.61 Å². The predicted molar refractivity (Wildman–Crippen MR) is 83.9 cm³/mol. The van der Waals surface area contributed by atoms with Crippen LogP contribution in [0, 0.1) is 6.92 Å². The predicted octanol–water partition coefficient (Wildman–Crippen LogP) is 2.54. The molecule has 22 heavy (non-hydrogen) atoms. The van der Waals surface area contributed by atoms with Crippen molar-refractivity contribution in [1.82, 2.24) is 5.32 Å². The van der Waals surface area contributed by atoms with Crippen molar-refractivity contribution in [2.45, 2.75) is 56.4 Å². The maximum atomic E-state index is 12.0. The molecule has 1 amide bonds. The van der Waals surface area contributed by atoms with Gasteiger partial charge in [0, 0.05) is 12.5 Å². The monoisotopic (exact) mass is 325 g/mol. The molecule has 1 atom stereocenters. The minimum absolute atomic E-state index is 0.120. The Hall–Kier alpha value is -1.40. The van der Waals surface area contributed by atoms with Gasteiger partial charge in [-0.05, 0) is 51.2 Å². The maximum Gasteiger partial charge on any atom is 0.296 e. The molecule has 1 heterocycles. The lowest BCUT2D eigenvalue weighted by atomic mass is 9.99. The Morgan fingerprint density at radius 3 is 2.64 bits per heavy atom. The number of nitrogens with one attached hydrogen (secondary N) is 1. The number of benzene rings is 1. The number of aryl methyl sites for hydroxylation is 1. The molecule has 122 valence electrons. The molecule has 0 aromatic heterocycles. The summed E-state index contributed by atoms with van der Waals surface area (Å²) in [5.41, 5.74) is 1.01. The lowest BCUT2D eigenvalue weighted by Crippen LogP contribution is -2.38. The van der Waals surface area contributed by atoms with Crippen LogP contribution >= 0.6 is 0 Å². The van der Waals surface area contributed by atoms with Gasteiger partial charge in [-0.2, -0.15) is 8.42 Å². The molecule has 1 aliphatic rings. The summed E-state index contributed by atoms with van der Waals surface area (Å²) in [6.07, 6.45) is 4.95. The van der Waals surface area contributed by atoms with Gasteiger partial charge in [0.2, 0.25) is 5.91 Å². The first-order valence-corrected chi connectivity index (χ1v) is 9.14. The van der Waals surface area contributed by atoms with Crippen molar-refractivity contribution in [1.29, 1.82) is 0 Å². The minimum Gasteiger partial charge on any atom is -0.353 e. The zero-order valence-electron chi connectivity index (χ0n) is 12.9. The number of hydrogen-bond donors (Lipinski definition) is 1. The third-order valence-corrected chi connectivity index (χ3v) is 5.14. The number of unbranched alkanes of at least 4 members (excludes halogenated alkanes) is 1. The lowest BCUT2D eigenvalue weighted by Gasteiger charge is -2.22. The Morgan fingerprint density at radius 1 is 1.23 bits per heavy atom. The second-order valence-corrected chi connectivity index (χ2v) is 7.36. The fourth-order valence-electron chi connectivity index (χ4n) is 2.53. The van der Waals surface area contributed by atoms with Gasteiger partial charge in [0.1, 0.15) is 0 Å². The van der Waals surface area contributed by atoms with Crippen molar-refractivity contribution in [3.05, 3.63) is 29.8 Å². The van der Waals surface area contributed by atoms with Gasteiger partial charge in [-0.15, -0.1) is 0 Å². The molecule has 1 N–H and O–H groups in total. The number of hydrogen-bond acceptors (Lipinski definition) is 4. The van der Waals surface area contributed by atoms with Crippen LogP contribution in [0.3, 0.4) is 0 Å². The van der Waals surface area contributed by atoms with Gasteiger partial charge in [0.25, 0.3) is 10.1 Å². The average molecular weight is 325 g/mol. The number of carbonyl (C=O) groups excluding carboxylic acids is 1. The Balaban J connectivity index is 1.69. The van der Waals surface area contributed by atoms with E-state index in [1.54, 1.807) is 24.3 Å². The fraction of sp³-hybridized carbons (Fsp3) is 0.562. The fourth-order valence-corrected chi connectivity index (χ4v) is 3.47. The van der Waals surface area contributed by atoms with Crippen molar-refractivity contribution < 1.29 is 17.4 Å².